The first-order chi connectivity index (χ1) is 9.95. The third-order valence-electron chi connectivity index (χ3n) is 3.31. The van der Waals surface area contributed by atoms with E-state index in [1.54, 1.807) is 17.0 Å². The lowest BCUT2D eigenvalue weighted by atomic mass is 10.4. The van der Waals surface area contributed by atoms with Gasteiger partial charge in [0.05, 0.1) is 4.90 Å². The maximum absolute atomic E-state index is 12.5. The summed E-state index contributed by atoms with van der Waals surface area (Å²) in [5.41, 5.74) is 0. The Morgan fingerprint density at radius 3 is 2.29 bits per heavy atom. The van der Waals surface area contributed by atoms with Gasteiger partial charge in [-0.05, 0) is 31.2 Å². The Labute approximate surface area is 129 Å². The molecule has 0 aliphatic carbocycles. The Hall–Kier alpha value is -1.31. The van der Waals surface area contributed by atoms with E-state index < -0.39 is 10.0 Å². The second-order valence-corrected chi connectivity index (χ2v) is 7.05. The summed E-state index contributed by atoms with van der Waals surface area (Å²) in [7, 11) is -3.52. The van der Waals surface area contributed by atoms with Gasteiger partial charge in [0.25, 0.3) is 0 Å². The fourth-order valence-corrected chi connectivity index (χ4v) is 3.70. The van der Waals surface area contributed by atoms with E-state index in [0.717, 1.165) is 0 Å². The van der Waals surface area contributed by atoms with Gasteiger partial charge >= 0.3 is 6.03 Å². The van der Waals surface area contributed by atoms with E-state index in [-0.39, 0.29) is 10.9 Å². The third kappa shape index (κ3) is 3.66. The Morgan fingerprint density at radius 1 is 1.19 bits per heavy atom. The molecular weight excluding hydrogens is 314 g/mol. The van der Waals surface area contributed by atoms with Crippen LogP contribution < -0.4 is 5.32 Å². The number of nitrogens with zero attached hydrogens (tertiary/aromatic N) is 2. The van der Waals surface area contributed by atoms with Crippen molar-refractivity contribution in [1.29, 1.82) is 0 Å². The number of carbonyl (C=O) groups excluding carboxylic acids is 1. The number of nitrogens with one attached hydrogen (secondary N) is 1. The van der Waals surface area contributed by atoms with Crippen LogP contribution in [0.3, 0.4) is 0 Å². The first-order valence-electron chi connectivity index (χ1n) is 6.73. The molecule has 0 spiro atoms. The maximum atomic E-state index is 12.5. The number of amides is 2. The molecule has 1 fully saturated rings. The van der Waals surface area contributed by atoms with Crippen molar-refractivity contribution in [3.63, 3.8) is 0 Å². The molecule has 2 amide bonds. The van der Waals surface area contributed by atoms with Crippen molar-refractivity contribution in [2.24, 2.45) is 0 Å². The standard InChI is InChI=1S/C13H18ClN3O3S/c1-2-15-13(18)16-7-9-17(10-8-16)21(19,20)12-5-3-11(14)4-6-12/h3-6H,2,7-10H2,1H3,(H,15,18). The Balaban J connectivity index is 2.04. The Kier molecular flexibility index (Phi) is 5.08. The van der Waals surface area contributed by atoms with Gasteiger partial charge in [-0.2, -0.15) is 4.31 Å². The van der Waals surface area contributed by atoms with Gasteiger partial charge in [0, 0.05) is 37.7 Å². The van der Waals surface area contributed by atoms with Gasteiger partial charge in [-0.1, -0.05) is 11.6 Å². The highest BCUT2D eigenvalue weighted by Gasteiger charge is 2.29. The summed E-state index contributed by atoms with van der Waals surface area (Å²) in [5, 5.41) is 3.21. The Bertz CT molecular complexity index is 596. The molecule has 2 rings (SSSR count). The number of piperazine rings is 1. The third-order valence-corrected chi connectivity index (χ3v) is 5.47. The quantitative estimate of drug-likeness (QED) is 0.909. The molecule has 1 saturated heterocycles. The summed E-state index contributed by atoms with van der Waals surface area (Å²) < 4.78 is 26.3. The highest BCUT2D eigenvalue weighted by molar-refractivity contribution is 7.89. The molecule has 116 valence electrons. The van der Waals surface area contributed by atoms with Crippen molar-refractivity contribution in [1.82, 2.24) is 14.5 Å². The molecule has 1 aliphatic heterocycles. The SMILES string of the molecule is CCNC(=O)N1CCN(S(=O)(=O)c2ccc(Cl)cc2)CC1. The smallest absolute Gasteiger partial charge is 0.317 e. The summed E-state index contributed by atoms with van der Waals surface area (Å²) in [5.74, 6) is 0. The zero-order valence-corrected chi connectivity index (χ0v) is 13.3. The number of benzene rings is 1. The molecule has 8 heteroatoms. The molecule has 0 aromatic heterocycles. The average molecular weight is 332 g/mol. The minimum Gasteiger partial charge on any atom is -0.338 e. The van der Waals surface area contributed by atoms with Crippen molar-refractivity contribution in [3.05, 3.63) is 29.3 Å². The summed E-state index contributed by atoms with van der Waals surface area (Å²) in [6, 6.07) is 5.95. The van der Waals surface area contributed by atoms with Crippen LogP contribution in [-0.4, -0.2) is 56.4 Å². The van der Waals surface area contributed by atoms with Crippen LogP contribution in [0.4, 0.5) is 4.79 Å². The molecule has 1 aliphatic rings. The minimum absolute atomic E-state index is 0.152. The number of halogens is 1. The molecule has 1 aromatic carbocycles. The highest BCUT2D eigenvalue weighted by atomic mass is 35.5. The largest absolute Gasteiger partial charge is 0.338 e. The number of urea groups is 1. The second-order valence-electron chi connectivity index (χ2n) is 4.68. The number of sulfonamides is 1. The van der Waals surface area contributed by atoms with Crippen LogP contribution in [0.2, 0.25) is 5.02 Å². The van der Waals surface area contributed by atoms with Crippen molar-refractivity contribution >= 4 is 27.7 Å². The van der Waals surface area contributed by atoms with E-state index >= 15 is 0 Å². The van der Waals surface area contributed by atoms with Crippen LogP contribution in [-0.2, 0) is 10.0 Å². The van der Waals surface area contributed by atoms with Crippen molar-refractivity contribution in [3.8, 4) is 0 Å². The van der Waals surface area contributed by atoms with Gasteiger partial charge in [0.1, 0.15) is 0 Å². The fourth-order valence-electron chi connectivity index (χ4n) is 2.15. The van der Waals surface area contributed by atoms with Crippen LogP contribution in [0, 0.1) is 0 Å². The zero-order chi connectivity index (χ0) is 15.5. The molecule has 0 unspecified atom stereocenters. The lowest BCUT2D eigenvalue weighted by Crippen LogP contribution is -2.53. The highest BCUT2D eigenvalue weighted by Crippen LogP contribution is 2.19. The van der Waals surface area contributed by atoms with Gasteiger partial charge in [0.2, 0.25) is 10.0 Å². The minimum atomic E-state index is -3.52. The molecule has 6 nitrogen and oxygen atoms in total. The average Bonchev–Trinajstić information content (AvgIpc) is 2.48. The van der Waals surface area contributed by atoms with Crippen LogP contribution >= 0.6 is 11.6 Å². The molecule has 1 N–H and O–H groups in total. The van der Waals surface area contributed by atoms with E-state index in [9.17, 15) is 13.2 Å². The van der Waals surface area contributed by atoms with E-state index in [1.165, 1.54) is 16.4 Å². The number of hydrogen-bond acceptors (Lipinski definition) is 3. The lowest BCUT2D eigenvalue weighted by Gasteiger charge is -2.33. The monoisotopic (exact) mass is 331 g/mol. The number of rotatable bonds is 3. The summed E-state index contributed by atoms with van der Waals surface area (Å²) in [4.78, 5) is 13.5. The van der Waals surface area contributed by atoms with Crippen molar-refractivity contribution in [2.45, 2.75) is 11.8 Å². The normalized spacial score (nSPS) is 16.8. The first-order valence-corrected chi connectivity index (χ1v) is 8.55. The molecule has 1 aromatic rings. The first kappa shape index (κ1) is 16.1. The molecule has 0 atom stereocenters. The molecule has 0 radical (unpaired) electrons. The Morgan fingerprint density at radius 2 is 1.76 bits per heavy atom. The van der Waals surface area contributed by atoms with Gasteiger partial charge in [0.15, 0.2) is 0 Å². The van der Waals surface area contributed by atoms with Crippen LogP contribution in [0.5, 0.6) is 0 Å². The summed E-state index contributed by atoms with van der Waals surface area (Å²) >= 11 is 5.77. The molecule has 0 bridgehead atoms. The van der Waals surface area contributed by atoms with Crippen LogP contribution in [0.1, 0.15) is 6.92 Å². The van der Waals surface area contributed by atoms with E-state index in [1.807, 2.05) is 6.92 Å². The van der Waals surface area contributed by atoms with Crippen molar-refractivity contribution in [2.75, 3.05) is 32.7 Å². The topological polar surface area (TPSA) is 69.7 Å². The van der Waals surface area contributed by atoms with E-state index in [2.05, 4.69) is 5.32 Å². The summed E-state index contributed by atoms with van der Waals surface area (Å²) in [6.45, 7) is 3.77. The van der Waals surface area contributed by atoms with Gasteiger partial charge in [-0.15, -0.1) is 0 Å². The predicted octanol–water partition coefficient (Wildman–Crippen LogP) is 1.38. The fraction of sp³-hybridized carbons (Fsp3) is 0.462. The lowest BCUT2D eigenvalue weighted by molar-refractivity contribution is 0.173. The van der Waals surface area contributed by atoms with E-state index in [0.29, 0.717) is 37.7 Å². The number of hydrogen-bond donors (Lipinski definition) is 1. The van der Waals surface area contributed by atoms with Crippen LogP contribution in [0.25, 0.3) is 0 Å². The molecule has 1 heterocycles. The van der Waals surface area contributed by atoms with Crippen LogP contribution in [0.15, 0.2) is 29.2 Å². The van der Waals surface area contributed by atoms with Gasteiger partial charge in [-0.3, -0.25) is 0 Å². The molecule has 0 saturated carbocycles. The predicted molar refractivity (Wildman–Crippen MR) is 80.9 cm³/mol. The van der Waals surface area contributed by atoms with Gasteiger partial charge < -0.3 is 10.2 Å². The maximum Gasteiger partial charge on any atom is 0.317 e. The number of carbonyl (C=O) groups is 1. The zero-order valence-electron chi connectivity index (χ0n) is 11.8. The van der Waals surface area contributed by atoms with E-state index in [4.69, 9.17) is 11.6 Å². The second kappa shape index (κ2) is 6.64. The molecular formula is C13H18ClN3O3S. The van der Waals surface area contributed by atoms with Gasteiger partial charge in [-0.25, -0.2) is 13.2 Å². The van der Waals surface area contributed by atoms with Crippen molar-refractivity contribution < 1.29 is 13.2 Å². The summed E-state index contributed by atoms with van der Waals surface area (Å²) in [6.07, 6.45) is 0. The molecule has 21 heavy (non-hydrogen) atoms.